The Morgan fingerprint density at radius 1 is 1.29 bits per heavy atom. The normalized spacial score (nSPS) is 17.1. The second kappa shape index (κ2) is 5.31. The summed E-state index contributed by atoms with van der Waals surface area (Å²) >= 11 is 0. The second-order valence-electron chi connectivity index (χ2n) is 5.41. The summed E-state index contributed by atoms with van der Waals surface area (Å²) in [5, 5.41) is 1.22. The predicted octanol–water partition coefficient (Wildman–Crippen LogP) is 2.92. The van der Waals surface area contributed by atoms with Crippen molar-refractivity contribution in [1.82, 2.24) is 9.29 Å². The highest BCUT2D eigenvalue weighted by atomic mass is 32.2. The number of nitrogens with zero attached hydrogens (tertiary/aromatic N) is 1. The van der Waals surface area contributed by atoms with Crippen molar-refractivity contribution in [1.29, 1.82) is 0 Å². The number of benzene rings is 1. The fraction of sp³-hybridized carbons (Fsp3) is 0.375. The van der Waals surface area contributed by atoms with Gasteiger partial charge in [0.05, 0.1) is 5.75 Å². The van der Waals surface area contributed by atoms with Crippen molar-refractivity contribution in [2.45, 2.75) is 20.3 Å². The lowest BCUT2D eigenvalue weighted by Gasteiger charge is -2.25. The molecule has 1 N–H and O–H groups in total. The zero-order valence-electron chi connectivity index (χ0n) is 12.4. The van der Waals surface area contributed by atoms with Gasteiger partial charge < -0.3 is 4.98 Å². The molecule has 0 saturated heterocycles. The minimum atomic E-state index is -3.09. The van der Waals surface area contributed by atoms with E-state index in [0.717, 1.165) is 17.6 Å². The van der Waals surface area contributed by atoms with E-state index in [1.807, 2.05) is 12.1 Å². The number of aryl methyl sites for hydroxylation is 1. The fourth-order valence-electron chi connectivity index (χ4n) is 3.00. The van der Waals surface area contributed by atoms with Gasteiger partial charge in [-0.25, -0.2) is 8.42 Å². The average Bonchev–Trinajstić information content (AvgIpc) is 2.83. The molecule has 1 aliphatic rings. The molecule has 0 bridgehead atoms. The molecule has 21 heavy (non-hydrogen) atoms. The fourth-order valence-corrected chi connectivity index (χ4v) is 4.04. The molecule has 2 heterocycles. The molecule has 1 aromatic carbocycles. The predicted molar refractivity (Wildman–Crippen MR) is 86.7 cm³/mol. The Morgan fingerprint density at radius 3 is 2.71 bits per heavy atom. The van der Waals surface area contributed by atoms with Crippen molar-refractivity contribution in [2.75, 3.05) is 18.8 Å². The first-order valence-corrected chi connectivity index (χ1v) is 8.88. The Labute approximate surface area is 125 Å². The van der Waals surface area contributed by atoms with Crippen LogP contribution in [0, 0.1) is 6.92 Å². The molecule has 0 spiro atoms. The summed E-state index contributed by atoms with van der Waals surface area (Å²) in [4.78, 5) is 3.40. The maximum Gasteiger partial charge on any atom is 0.214 e. The van der Waals surface area contributed by atoms with Gasteiger partial charge >= 0.3 is 0 Å². The summed E-state index contributed by atoms with van der Waals surface area (Å²) in [6.07, 6.45) is 2.82. The minimum Gasteiger partial charge on any atom is -0.358 e. The van der Waals surface area contributed by atoms with Crippen LogP contribution in [0.25, 0.3) is 16.5 Å². The lowest BCUT2D eigenvalue weighted by atomic mass is 9.97. The summed E-state index contributed by atoms with van der Waals surface area (Å²) < 4.78 is 25.4. The number of fused-ring (bicyclic) bond motifs is 1. The Morgan fingerprint density at radius 2 is 2.05 bits per heavy atom. The smallest absolute Gasteiger partial charge is 0.214 e. The number of rotatable bonds is 3. The number of para-hydroxylation sites is 1. The molecule has 0 fully saturated rings. The Hall–Kier alpha value is -1.59. The molecule has 0 amide bonds. The SMILES string of the molecule is CCS(=O)(=O)N1CC=C(c2c(C)[nH]c3ccccc23)CC1. The lowest BCUT2D eigenvalue weighted by molar-refractivity contribution is 0.442. The Bertz CT molecular complexity index is 803. The first-order chi connectivity index (χ1) is 10.0. The molecule has 2 aromatic rings. The van der Waals surface area contributed by atoms with Crippen LogP contribution in [0.4, 0.5) is 0 Å². The van der Waals surface area contributed by atoms with Crippen LogP contribution in [-0.4, -0.2) is 36.5 Å². The minimum absolute atomic E-state index is 0.169. The molecule has 0 atom stereocenters. The van der Waals surface area contributed by atoms with Crippen LogP contribution in [-0.2, 0) is 10.0 Å². The molecule has 0 radical (unpaired) electrons. The van der Waals surface area contributed by atoms with E-state index in [4.69, 9.17) is 0 Å². The third kappa shape index (κ3) is 2.51. The van der Waals surface area contributed by atoms with Crippen LogP contribution in [0.1, 0.15) is 24.6 Å². The zero-order chi connectivity index (χ0) is 15.0. The van der Waals surface area contributed by atoms with E-state index in [2.05, 4.69) is 30.1 Å². The lowest BCUT2D eigenvalue weighted by Crippen LogP contribution is -2.35. The number of H-pyrrole nitrogens is 1. The van der Waals surface area contributed by atoms with Crippen LogP contribution in [0.3, 0.4) is 0 Å². The molecule has 4 nitrogen and oxygen atoms in total. The zero-order valence-corrected chi connectivity index (χ0v) is 13.2. The number of aromatic amines is 1. The molecule has 112 valence electrons. The molecule has 1 aliphatic heterocycles. The van der Waals surface area contributed by atoms with Gasteiger partial charge in [-0.15, -0.1) is 0 Å². The van der Waals surface area contributed by atoms with E-state index < -0.39 is 10.0 Å². The van der Waals surface area contributed by atoms with E-state index >= 15 is 0 Å². The van der Waals surface area contributed by atoms with Gasteiger partial charge in [0.2, 0.25) is 10.0 Å². The van der Waals surface area contributed by atoms with Gasteiger partial charge in [-0.2, -0.15) is 4.31 Å². The van der Waals surface area contributed by atoms with Gasteiger partial charge in [-0.05, 0) is 31.9 Å². The first kappa shape index (κ1) is 14.4. The topological polar surface area (TPSA) is 53.2 Å². The number of sulfonamides is 1. The summed E-state index contributed by atoms with van der Waals surface area (Å²) in [7, 11) is -3.09. The molecule has 0 unspecified atom stereocenters. The second-order valence-corrected chi connectivity index (χ2v) is 7.67. The van der Waals surface area contributed by atoms with E-state index in [0.29, 0.717) is 13.1 Å². The third-order valence-corrected chi connectivity index (χ3v) is 5.99. The van der Waals surface area contributed by atoms with Crippen LogP contribution in [0.2, 0.25) is 0 Å². The summed E-state index contributed by atoms with van der Waals surface area (Å²) in [5.41, 5.74) is 4.76. The molecule has 5 heteroatoms. The van der Waals surface area contributed by atoms with Crippen molar-refractivity contribution < 1.29 is 8.42 Å². The van der Waals surface area contributed by atoms with Crippen molar-refractivity contribution in [2.24, 2.45) is 0 Å². The van der Waals surface area contributed by atoms with Gasteiger partial charge in [0, 0.05) is 35.2 Å². The quantitative estimate of drug-likeness (QED) is 0.948. The van der Waals surface area contributed by atoms with E-state index in [9.17, 15) is 8.42 Å². The average molecular weight is 304 g/mol. The maximum absolute atomic E-state index is 11.9. The van der Waals surface area contributed by atoms with Crippen LogP contribution in [0.5, 0.6) is 0 Å². The summed E-state index contributed by atoms with van der Waals surface area (Å²) in [6, 6.07) is 8.25. The van der Waals surface area contributed by atoms with Gasteiger partial charge in [0.1, 0.15) is 0 Å². The van der Waals surface area contributed by atoms with Crippen molar-refractivity contribution in [3.63, 3.8) is 0 Å². The van der Waals surface area contributed by atoms with Gasteiger partial charge in [0.25, 0.3) is 0 Å². The van der Waals surface area contributed by atoms with E-state index in [1.54, 1.807) is 11.2 Å². The standard InChI is InChI=1S/C16H20N2O2S/c1-3-21(19,20)18-10-8-13(9-11-18)16-12(2)17-15-7-5-4-6-14(15)16/h4-8,17H,3,9-11H2,1-2H3. The van der Waals surface area contributed by atoms with Gasteiger partial charge in [0.15, 0.2) is 0 Å². The van der Waals surface area contributed by atoms with Crippen LogP contribution >= 0.6 is 0 Å². The van der Waals surface area contributed by atoms with Gasteiger partial charge in [-0.1, -0.05) is 24.3 Å². The van der Waals surface area contributed by atoms with Gasteiger partial charge in [-0.3, -0.25) is 0 Å². The first-order valence-electron chi connectivity index (χ1n) is 7.27. The highest BCUT2D eigenvalue weighted by molar-refractivity contribution is 7.89. The summed E-state index contributed by atoms with van der Waals surface area (Å²) in [6.45, 7) is 4.81. The van der Waals surface area contributed by atoms with Crippen LogP contribution < -0.4 is 0 Å². The molecular formula is C16H20N2O2S. The molecular weight excluding hydrogens is 284 g/mol. The van der Waals surface area contributed by atoms with Crippen molar-refractivity contribution >= 4 is 26.5 Å². The monoisotopic (exact) mass is 304 g/mol. The van der Waals surface area contributed by atoms with Crippen LogP contribution in [0.15, 0.2) is 30.3 Å². The molecule has 0 saturated carbocycles. The highest BCUT2D eigenvalue weighted by Gasteiger charge is 2.24. The highest BCUT2D eigenvalue weighted by Crippen LogP contribution is 2.32. The number of hydrogen-bond donors (Lipinski definition) is 1. The number of hydrogen-bond acceptors (Lipinski definition) is 2. The number of nitrogens with one attached hydrogen (secondary N) is 1. The van der Waals surface area contributed by atoms with E-state index in [1.165, 1.54) is 16.5 Å². The third-order valence-electron chi connectivity index (χ3n) is 4.14. The Balaban J connectivity index is 1.97. The largest absolute Gasteiger partial charge is 0.358 e. The maximum atomic E-state index is 11.9. The summed E-state index contributed by atoms with van der Waals surface area (Å²) in [5.74, 6) is 0.169. The number of aromatic nitrogens is 1. The van der Waals surface area contributed by atoms with Crippen molar-refractivity contribution in [3.8, 4) is 0 Å². The molecule has 1 aromatic heterocycles. The van der Waals surface area contributed by atoms with Crippen molar-refractivity contribution in [3.05, 3.63) is 41.6 Å². The Kier molecular flexibility index (Phi) is 3.63. The molecule has 3 rings (SSSR count). The molecule has 0 aliphatic carbocycles. The van der Waals surface area contributed by atoms with E-state index in [-0.39, 0.29) is 5.75 Å².